The van der Waals surface area contributed by atoms with E-state index in [1.54, 1.807) is 12.4 Å². The van der Waals surface area contributed by atoms with Gasteiger partial charge in [-0.05, 0) is 25.0 Å². The zero-order chi connectivity index (χ0) is 17.2. The summed E-state index contributed by atoms with van der Waals surface area (Å²) in [4.78, 5) is 35.5. The third kappa shape index (κ3) is 3.34. The van der Waals surface area contributed by atoms with Gasteiger partial charge in [-0.25, -0.2) is 0 Å². The smallest absolute Gasteiger partial charge is 0.228 e. The number of hydrogen-bond acceptors (Lipinski definition) is 4. The van der Waals surface area contributed by atoms with Crippen LogP contribution in [-0.4, -0.2) is 65.4 Å². The number of aromatic nitrogens is 1. The van der Waals surface area contributed by atoms with Crippen molar-refractivity contribution in [2.45, 2.75) is 38.1 Å². The summed E-state index contributed by atoms with van der Waals surface area (Å²) in [5.41, 5.74) is 1.16. The van der Waals surface area contributed by atoms with Crippen molar-refractivity contribution in [3.05, 3.63) is 24.5 Å². The summed E-state index contributed by atoms with van der Waals surface area (Å²) in [7, 11) is 0. The maximum Gasteiger partial charge on any atom is 0.228 e. The van der Waals surface area contributed by atoms with Crippen LogP contribution in [0.2, 0.25) is 0 Å². The number of nitrogens with zero attached hydrogens (tertiary/aromatic N) is 4. The van der Waals surface area contributed by atoms with Gasteiger partial charge in [-0.15, -0.1) is 0 Å². The van der Waals surface area contributed by atoms with Gasteiger partial charge in [0.05, 0.1) is 5.92 Å². The van der Waals surface area contributed by atoms with E-state index in [9.17, 15) is 9.59 Å². The Kier molecular flexibility index (Phi) is 4.59. The molecular formula is C19H26N4O2. The Morgan fingerprint density at radius 1 is 1.04 bits per heavy atom. The molecule has 25 heavy (non-hydrogen) atoms. The minimum atomic E-state index is -0.138. The summed E-state index contributed by atoms with van der Waals surface area (Å²) >= 11 is 0. The van der Waals surface area contributed by atoms with Gasteiger partial charge in [0.1, 0.15) is 0 Å². The Morgan fingerprint density at radius 2 is 1.72 bits per heavy atom. The molecule has 2 saturated heterocycles. The maximum absolute atomic E-state index is 12.9. The highest BCUT2D eigenvalue weighted by Crippen LogP contribution is 2.30. The second-order valence-electron chi connectivity index (χ2n) is 7.40. The van der Waals surface area contributed by atoms with Gasteiger partial charge in [0.25, 0.3) is 0 Å². The number of pyridine rings is 1. The first-order chi connectivity index (χ1) is 12.2. The van der Waals surface area contributed by atoms with Crippen molar-refractivity contribution in [3.63, 3.8) is 0 Å². The number of hydrogen-bond donors (Lipinski definition) is 0. The van der Waals surface area contributed by atoms with Crippen LogP contribution in [0.4, 0.5) is 5.69 Å². The molecule has 0 N–H and O–H groups in total. The maximum atomic E-state index is 12.9. The predicted molar refractivity (Wildman–Crippen MR) is 95.1 cm³/mol. The lowest BCUT2D eigenvalue weighted by molar-refractivity contribution is -0.136. The first kappa shape index (κ1) is 16.4. The summed E-state index contributed by atoms with van der Waals surface area (Å²) in [5.74, 6) is 0.212. The molecule has 0 aromatic carbocycles. The summed E-state index contributed by atoms with van der Waals surface area (Å²) in [6.07, 6.45) is 8.64. The van der Waals surface area contributed by atoms with Gasteiger partial charge in [-0.2, -0.15) is 0 Å². The zero-order valence-electron chi connectivity index (χ0n) is 14.6. The molecule has 6 nitrogen and oxygen atoms in total. The molecule has 2 amide bonds. The molecule has 0 spiro atoms. The quantitative estimate of drug-likeness (QED) is 0.836. The van der Waals surface area contributed by atoms with E-state index >= 15 is 0 Å². The van der Waals surface area contributed by atoms with Crippen molar-refractivity contribution < 1.29 is 9.59 Å². The Morgan fingerprint density at radius 3 is 2.40 bits per heavy atom. The molecule has 1 atom stereocenters. The minimum Gasteiger partial charge on any atom is -0.368 e. The average molecular weight is 342 g/mol. The van der Waals surface area contributed by atoms with E-state index in [-0.39, 0.29) is 17.7 Å². The van der Waals surface area contributed by atoms with Gasteiger partial charge in [0.2, 0.25) is 11.8 Å². The molecule has 1 aromatic rings. The van der Waals surface area contributed by atoms with E-state index in [0.29, 0.717) is 19.0 Å². The van der Waals surface area contributed by atoms with Crippen LogP contribution in [0.5, 0.6) is 0 Å². The van der Waals surface area contributed by atoms with Crippen LogP contribution in [0.25, 0.3) is 0 Å². The first-order valence-electron chi connectivity index (χ1n) is 9.45. The van der Waals surface area contributed by atoms with Crippen molar-refractivity contribution in [2.24, 2.45) is 5.92 Å². The lowest BCUT2D eigenvalue weighted by atomic mass is 10.1. The number of anilines is 1. The van der Waals surface area contributed by atoms with E-state index in [1.807, 2.05) is 21.9 Å². The van der Waals surface area contributed by atoms with Crippen LogP contribution in [0.1, 0.15) is 32.1 Å². The molecule has 134 valence electrons. The minimum absolute atomic E-state index is 0.138. The molecule has 3 aliphatic rings. The molecule has 0 radical (unpaired) electrons. The fourth-order valence-electron chi connectivity index (χ4n) is 4.46. The van der Waals surface area contributed by atoms with Crippen LogP contribution in [0.3, 0.4) is 0 Å². The van der Waals surface area contributed by atoms with Crippen molar-refractivity contribution in [1.82, 2.24) is 14.8 Å². The number of carbonyl (C=O) groups is 2. The third-order valence-electron chi connectivity index (χ3n) is 5.89. The first-order valence-corrected chi connectivity index (χ1v) is 9.45. The Bertz CT molecular complexity index is 622. The van der Waals surface area contributed by atoms with Crippen LogP contribution in [-0.2, 0) is 9.59 Å². The topological polar surface area (TPSA) is 56.8 Å². The molecule has 2 aliphatic heterocycles. The van der Waals surface area contributed by atoms with E-state index in [1.165, 1.54) is 12.8 Å². The molecule has 1 aromatic heterocycles. The highest BCUT2D eigenvalue weighted by atomic mass is 16.2. The number of carbonyl (C=O) groups excluding carboxylic acids is 2. The van der Waals surface area contributed by atoms with Gasteiger partial charge in [0.15, 0.2) is 0 Å². The van der Waals surface area contributed by atoms with E-state index in [4.69, 9.17) is 0 Å². The van der Waals surface area contributed by atoms with E-state index in [0.717, 1.165) is 44.7 Å². The van der Waals surface area contributed by atoms with Gasteiger partial charge in [-0.3, -0.25) is 14.6 Å². The van der Waals surface area contributed by atoms with Crippen LogP contribution in [0, 0.1) is 5.92 Å². The van der Waals surface area contributed by atoms with Gasteiger partial charge in [-0.1, -0.05) is 12.8 Å². The molecule has 4 rings (SSSR count). The lowest BCUT2D eigenvalue weighted by Crippen LogP contribution is -2.50. The van der Waals surface area contributed by atoms with Crippen LogP contribution in [0.15, 0.2) is 24.5 Å². The molecule has 1 aliphatic carbocycles. The fraction of sp³-hybridized carbons (Fsp3) is 0.632. The van der Waals surface area contributed by atoms with Crippen LogP contribution >= 0.6 is 0 Å². The molecule has 0 unspecified atom stereocenters. The van der Waals surface area contributed by atoms with E-state index < -0.39 is 0 Å². The predicted octanol–water partition coefficient (Wildman–Crippen LogP) is 1.52. The molecule has 3 heterocycles. The Hall–Kier alpha value is -2.11. The second-order valence-corrected chi connectivity index (χ2v) is 7.40. The Labute approximate surface area is 148 Å². The summed E-state index contributed by atoms with van der Waals surface area (Å²) < 4.78 is 0. The average Bonchev–Trinajstić information content (AvgIpc) is 3.31. The van der Waals surface area contributed by atoms with Gasteiger partial charge >= 0.3 is 0 Å². The summed E-state index contributed by atoms with van der Waals surface area (Å²) in [6, 6.07) is 4.40. The summed E-state index contributed by atoms with van der Waals surface area (Å²) in [6.45, 7) is 3.77. The van der Waals surface area contributed by atoms with Crippen LogP contribution < -0.4 is 4.90 Å². The van der Waals surface area contributed by atoms with Gasteiger partial charge < -0.3 is 14.7 Å². The number of rotatable bonds is 3. The SMILES string of the molecule is O=C([C@H]1CC(=O)N(C2CCCC2)C1)N1CCN(c2ccncc2)CC1. The molecule has 3 fully saturated rings. The number of amides is 2. The molecule has 1 saturated carbocycles. The zero-order valence-corrected chi connectivity index (χ0v) is 14.6. The second kappa shape index (κ2) is 7.02. The van der Waals surface area contributed by atoms with Crippen molar-refractivity contribution in [3.8, 4) is 0 Å². The number of piperazine rings is 1. The lowest BCUT2D eigenvalue weighted by Gasteiger charge is -2.37. The number of likely N-dealkylation sites (tertiary alicyclic amines) is 1. The van der Waals surface area contributed by atoms with E-state index in [2.05, 4.69) is 9.88 Å². The highest BCUT2D eigenvalue weighted by Gasteiger charge is 2.40. The van der Waals surface area contributed by atoms with Crippen molar-refractivity contribution in [2.75, 3.05) is 37.6 Å². The van der Waals surface area contributed by atoms with Crippen molar-refractivity contribution >= 4 is 17.5 Å². The monoisotopic (exact) mass is 342 g/mol. The highest BCUT2D eigenvalue weighted by molar-refractivity contribution is 5.89. The largest absolute Gasteiger partial charge is 0.368 e. The fourth-order valence-corrected chi connectivity index (χ4v) is 4.46. The standard InChI is InChI=1S/C19H26N4O2/c24-18-13-15(14-23(18)17-3-1-2-4-17)19(25)22-11-9-21(10-12-22)16-5-7-20-8-6-16/h5-8,15,17H,1-4,9-14H2/t15-/m0/s1. The Balaban J connectivity index is 1.32. The van der Waals surface area contributed by atoms with Crippen molar-refractivity contribution in [1.29, 1.82) is 0 Å². The molecule has 0 bridgehead atoms. The molecular weight excluding hydrogens is 316 g/mol. The normalized spacial score (nSPS) is 25.0. The summed E-state index contributed by atoms with van der Waals surface area (Å²) in [5, 5.41) is 0. The third-order valence-corrected chi connectivity index (χ3v) is 5.89. The molecule has 6 heteroatoms. The van der Waals surface area contributed by atoms with Gasteiger partial charge in [0, 0.05) is 63.3 Å².